The highest BCUT2D eigenvalue weighted by Crippen LogP contribution is 2.39. The van der Waals surface area contributed by atoms with Crippen LogP contribution in [0.1, 0.15) is 18.5 Å². The van der Waals surface area contributed by atoms with Gasteiger partial charge in [-0.15, -0.1) is 0 Å². The standard InChI is InChI=1S/C15H22N2O5/c1-9(16-15(19)17-7-11(18)8-17)10-5-12(20-2)14(22-4)13(6-10)21-3/h5-6,9,11,18H,7-8H2,1-4H3,(H,16,19)/t9-/m0/s1. The fourth-order valence-corrected chi connectivity index (χ4v) is 2.33. The number of hydrogen-bond acceptors (Lipinski definition) is 5. The fourth-order valence-electron chi connectivity index (χ4n) is 2.33. The summed E-state index contributed by atoms with van der Waals surface area (Å²) in [6.07, 6.45) is -0.415. The summed E-state index contributed by atoms with van der Waals surface area (Å²) < 4.78 is 15.9. The molecule has 2 rings (SSSR count). The van der Waals surface area contributed by atoms with Gasteiger partial charge in [-0.3, -0.25) is 0 Å². The van der Waals surface area contributed by atoms with Crippen LogP contribution in [-0.4, -0.2) is 56.6 Å². The van der Waals surface area contributed by atoms with Gasteiger partial charge in [0.1, 0.15) is 0 Å². The van der Waals surface area contributed by atoms with Gasteiger partial charge in [0.05, 0.1) is 46.6 Å². The number of likely N-dealkylation sites (tertiary alicyclic amines) is 1. The summed E-state index contributed by atoms with van der Waals surface area (Å²) in [6.45, 7) is 2.61. The van der Waals surface area contributed by atoms with Gasteiger partial charge >= 0.3 is 6.03 Å². The van der Waals surface area contributed by atoms with E-state index < -0.39 is 6.10 Å². The molecular formula is C15H22N2O5. The third-order valence-electron chi connectivity index (χ3n) is 3.68. The zero-order valence-electron chi connectivity index (χ0n) is 13.3. The third kappa shape index (κ3) is 3.19. The number of carbonyl (C=O) groups excluding carboxylic acids is 1. The first-order valence-corrected chi connectivity index (χ1v) is 7.03. The molecule has 7 heteroatoms. The SMILES string of the molecule is COc1cc([C@H](C)NC(=O)N2CC(O)C2)cc(OC)c1OC. The average Bonchev–Trinajstić information content (AvgIpc) is 2.49. The quantitative estimate of drug-likeness (QED) is 0.853. The van der Waals surface area contributed by atoms with Gasteiger partial charge in [0.2, 0.25) is 5.75 Å². The summed E-state index contributed by atoms with van der Waals surface area (Å²) >= 11 is 0. The smallest absolute Gasteiger partial charge is 0.318 e. The van der Waals surface area contributed by atoms with Gasteiger partial charge in [-0.05, 0) is 24.6 Å². The topological polar surface area (TPSA) is 80.3 Å². The van der Waals surface area contributed by atoms with Gasteiger partial charge in [0.25, 0.3) is 0 Å². The van der Waals surface area contributed by atoms with Gasteiger partial charge < -0.3 is 29.5 Å². The molecule has 0 bridgehead atoms. The third-order valence-corrected chi connectivity index (χ3v) is 3.68. The fraction of sp³-hybridized carbons (Fsp3) is 0.533. The van der Waals surface area contributed by atoms with Crippen molar-refractivity contribution in [3.63, 3.8) is 0 Å². The van der Waals surface area contributed by atoms with Crippen molar-refractivity contribution >= 4 is 6.03 Å². The van der Waals surface area contributed by atoms with E-state index in [1.807, 2.05) is 6.92 Å². The molecule has 1 aromatic carbocycles. The predicted molar refractivity (Wildman–Crippen MR) is 80.6 cm³/mol. The van der Waals surface area contributed by atoms with Crippen LogP contribution in [-0.2, 0) is 0 Å². The number of rotatable bonds is 5. The summed E-state index contributed by atoms with van der Waals surface area (Å²) in [7, 11) is 4.64. The summed E-state index contributed by atoms with van der Waals surface area (Å²) in [6, 6.07) is 3.17. The van der Waals surface area contributed by atoms with Crippen LogP contribution in [0.2, 0.25) is 0 Å². The minimum absolute atomic E-state index is 0.202. The molecule has 0 aromatic heterocycles. The van der Waals surface area contributed by atoms with E-state index in [4.69, 9.17) is 14.2 Å². The Morgan fingerprint density at radius 2 is 1.77 bits per heavy atom. The number of carbonyl (C=O) groups is 1. The Morgan fingerprint density at radius 3 is 2.18 bits per heavy atom. The average molecular weight is 310 g/mol. The summed E-state index contributed by atoms with van der Waals surface area (Å²) in [5.74, 6) is 1.59. The second-order valence-corrected chi connectivity index (χ2v) is 5.19. The monoisotopic (exact) mass is 310 g/mol. The van der Waals surface area contributed by atoms with E-state index in [0.29, 0.717) is 30.3 Å². The molecule has 1 aliphatic heterocycles. The Morgan fingerprint density at radius 1 is 1.23 bits per heavy atom. The van der Waals surface area contributed by atoms with Crippen LogP contribution >= 0.6 is 0 Å². The van der Waals surface area contributed by atoms with Crippen molar-refractivity contribution < 1.29 is 24.1 Å². The van der Waals surface area contributed by atoms with Crippen molar-refractivity contribution in [2.24, 2.45) is 0 Å². The van der Waals surface area contributed by atoms with Gasteiger partial charge in [-0.25, -0.2) is 4.79 Å². The number of aliphatic hydroxyl groups excluding tert-OH is 1. The number of nitrogens with one attached hydrogen (secondary N) is 1. The van der Waals surface area contributed by atoms with E-state index in [1.165, 1.54) is 0 Å². The van der Waals surface area contributed by atoms with Crippen molar-refractivity contribution in [3.8, 4) is 17.2 Å². The maximum atomic E-state index is 12.0. The number of methoxy groups -OCH3 is 3. The summed E-state index contributed by atoms with van der Waals surface area (Å²) in [5, 5.41) is 12.1. The van der Waals surface area contributed by atoms with E-state index >= 15 is 0 Å². The van der Waals surface area contributed by atoms with Crippen LogP contribution in [0.4, 0.5) is 4.79 Å². The highest BCUT2D eigenvalue weighted by molar-refractivity contribution is 5.75. The molecule has 0 unspecified atom stereocenters. The molecule has 1 atom stereocenters. The predicted octanol–water partition coefficient (Wildman–Crippen LogP) is 1.16. The van der Waals surface area contributed by atoms with Crippen molar-refractivity contribution in [1.29, 1.82) is 0 Å². The summed E-state index contributed by atoms with van der Waals surface area (Å²) in [5.41, 5.74) is 0.837. The number of hydrogen-bond donors (Lipinski definition) is 2. The van der Waals surface area contributed by atoms with Crippen molar-refractivity contribution in [1.82, 2.24) is 10.2 Å². The lowest BCUT2D eigenvalue weighted by atomic mass is 10.1. The Labute approximate surface area is 129 Å². The Balaban J connectivity index is 2.15. The molecule has 1 fully saturated rings. The molecule has 1 saturated heterocycles. The van der Waals surface area contributed by atoms with Crippen LogP contribution < -0.4 is 19.5 Å². The van der Waals surface area contributed by atoms with Gasteiger partial charge in [0.15, 0.2) is 11.5 Å². The van der Waals surface area contributed by atoms with Gasteiger partial charge in [-0.1, -0.05) is 0 Å². The number of nitrogens with zero attached hydrogens (tertiary/aromatic N) is 1. The zero-order valence-corrected chi connectivity index (χ0v) is 13.3. The molecule has 7 nitrogen and oxygen atoms in total. The number of amides is 2. The molecule has 2 N–H and O–H groups in total. The molecule has 0 saturated carbocycles. The number of benzene rings is 1. The Bertz CT molecular complexity index is 518. The molecule has 1 heterocycles. The molecule has 0 spiro atoms. The largest absolute Gasteiger partial charge is 0.493 e. The van der Waals surface area contributed by atoms with E-state index in [-0.39, 0.29) is 12.1 Å². The molecule has 122 valence electrons. The molecule has 0 aliphatic carbocycles. The molecule has 1 aromatic rings. The van der Waals surface area contributed by atoms with Crippen LogP contribution in [0.5, 0.6) is 17.2 Å². The van der Waals surface area contributed by atoms with Crippen LogP contribution in [0.25, 0.3) is 0 Å². The molecule has 2 amide bonds. The molecular weight excluding hydrogens is 288 g/mol. The van der Waals surface area contributed by atoms with Crippen molar-refractivity contribution in [3.05, 3.63) is 17.7 Å². The lowest BCUT2D eigenvalue weighted by Crippen LogP contribution is -2.56. The van der Waals surface area contributed by atoms with E-state index in [9.17, 15) is 9.90 Å². The second kappa shape index (κ2) is 6.74. The zero-order chi connectivity index (χ0) is 16.3. The second-order valence-electron chi connectivity index (χ2n) is 5.19. The van der Waals surface area contributed by atoms with Gasteiger partial charge in [0, 0.05) is 0 Å². The molecule has 0 radical (unpaired) electrons. The lowest BCUT2D eigenvalue weighted by molar-refractivity contribution is 0.0259. The van der Waals surface area contributed by atoms with Crippen LogP contribution in [0.15, 0.2) is 12.1 Å². The summed E-state index contributed by atoms with van der Waals surface area (Å²) in [4.78, 5) is 13.6. The van der Waals surface area contributed by atoms with Gasteiger partial charge in [-0.2, -0.15) is 0 Å². The number of urea groups is 1. The normalized spacial score (nSPS) is 15.8. The number of β-amino-alcohol motifs (C(OH)–C–C–N with tert-alkyl or cyclic N) is 1. The van der Waals surface area contributed by atoms with Crippen LogP contribution in [0.3, 0.4) is 0 Å². The molecule has 1 aliphatic rings. The van der Waals surface area contributed by atoms with E-state index in [2.05, 4.69) is 5.32 Å². The highest BCUT2D eigenvalue weighted by Gasteiger charge is 2.29. The van der Waals surface area contributed by atoms with Crippen LogP contribution in [0, 0.1) is 0 Å². The first-order valence-electron chi connectivity index (χ1n) is 7.03. The first-order chi connectivity index (χ1) is 10.5. The maximum absolute atomic E-state index is 12.0. The highest BCUT2D eigenvalue weighted by atomic mass is 16.5. The number of ether oxygens (including phenoxy) is 3. The van der Waals surface area contributed by atoms with E-state index in [1.54, 1.807) is 38.4 Å². The van der Waals surface area contributed by atoms with Crippen molar-refractivity contribution in [2.45, 2.75) is 19.1 Å². The Hall–Kier alpha value is -2.15. The number of aliphatic hydroxyl groups is 1. The molecule has 22 heavy (non-hydrogen) atoms. The maximum Gasteiger partial charge on any atom is 0.318 e. The minimum Gasteiger partial charge on any atom is -0.493 e. The first kappa shape index (κ1) is 16.2. The van der Waals surface area contributed by atoms with Crippen molar-refractivity contribution in [2.75, 3.05) is 34.4 Å². The van der Waals surface area contributed by atoms with E-state index in [0.717, 1.165) is 5.56 Å². The Kier molecular flexibility index (Phi) is 4.97. The minimum atomic E-state index is -0.415. The lowest BCUT2D eigenvalue weighted by Gasteiger charge is -2.36.